The average Bonchev–Trinajstić information content (AvgIpc) is 2.50. The summed E-state index contributed by atoms with van der Waals surface area (Å²) in [6.07, 6.45) is 24.5. The molecule has 0 amide bonds. The normalized spacial score (nSPS) is 11.3. The zero-order valence-electron chi connectivity index (χ0n) is 14.9. The smallest absolute Gasteiger partial charge is 0.0873 e. The third-order valence-corrected chi connectivity index (χ3v) is 4.03. The Hall–Kier alpha value is -0.460. The van der Waals surface area contributed by atoms with Gasteiger partial charge in [0.05, 0.1) is 12.9 Å². The maximum atomic E-state index is 5.53. The molecule has 0 aliphatic heterocycles. The fourth-order valence-electron chi connectivity index (χ4n) is 2.57. The van der Waals surface area contributed by atoms with E-state index in [-0.39, 0.29) is 0 Å². The standard InChI is InChI=1S/C20H40O/c1-3-5-7-9-11-12-13-14-16-18-20-21-19-17-15-10-8-6-4-2/h17,19H,3-16,18,20H2,1-2H3. The van der Waals surface area contributed by atoms with Crippen molar-refractivity contribution in [2.75, 3.05) is 6.61 Å². The van der Waals surface area contributed by atoms with Gasteiger partial charge in [0.25, 0.3) is 0 Å². The van der Waals surface area contributed by atoms with Crippen LogP contribution in [0.2, 0.25) is 0 Å². The van der Waals surface area contributed by atoms with Gasteiger partial charge in [-0.3, -0.25) is 0 Å². The molecule has 0 heterocycles. The van der Waals surface area contributed by atoms with Gasteiger partial charge in [-0.1, -0.05) is 90.9 Å². The quantitative estimate of drug-likeness (QED) is 0.200. The molecular formula is C20H40O. The van der Waals surface area contributed by atoms with Gasteiger partial charge in [-0.2, -0.15) is 0 Å². The topological polar surface area (TPSA) is 9.23 Å². The Morgan fingerprint density at radius 1 is 0.571 bits per heavy atom. The highest BCUT2D eigenvalue weighted by atomic mass is 16.5. The molecule has 0 unspecified atom stereocenters. The number of hydrogen-bond donors (Lipinski definition) is 0. The maximum Gasteiger partial charge on any atom is 0.0873 e. The first-order valence-corrected chi connectivity index (χ1v) is 9.68. The lowest BCUT2D eigenvalue weighted by Crippen LogP contribution is -1.88. The summed E-state index contributed by atoms with van der Waals surface area (Å²) in [6.45, 7) is 5.44. The molecule has 0 aromatic heterocycles. The molecule has 0 N–H and O–H groups in total. The van der Waals surface area contributed by atoms with Gasteiger partial charge >= 0.3 is 0 Å². The summed E-state index contributed by atoms with van der Waals surface area (Å²) in [4.78, 5) is 0. The van der Waals surface area contributed by atoms with Crippen molar-refractivity contribution in [2.45, 2.75) is 110 Å². The van der Waals surface area contributed by atoms with Crippen molar-refractivity contribution in [3.05, 3.63) is 12.3 Å². The minimum atomic E-state index is 0.905. The second-order valence-electron chi connectivity index (χ2n) is 6.27. The first kappa shape index (κ1) is 20.5. The van der Waals surface area contributed by atoms with Gasteiger partial charge < -0.3 is 4.74 Å². The molecule has 0 aliphatic carbocycles. The van der Waals surface area contributed by atoms with Crippen LogP contribution in [0, 0.1) is 0 Å². The molecule has 1 heteroatoms. The van der Waals surface area contributed by atoms with Gasteiger partial charge in [-0.05, 0) is 25.3 Å². The molecule has 0 aromatic carbocycles. The third-order valence-electron chi connectivity index (χ3n) is 4.03. The van der Waals surface area contributed by atoms with Crippen molar-refractivity contribution in [2.24, 2.45) is 0 Å². The fraction of sp³-hybridized carbons (Fsp3) is 0.900. The van der Waals surface area contributed by atoms with Crippen LogP contribution in [0.25, 0.3) is 0 Å². The Morgan fingerprint density at radius 2 is 1.05 bits per heavy atom. The highest BCUT2D eigenvalue weighted by Crippen LogP contribution is 2.10. The third kappa shape index (κ3) is 19.5. The molecule has 21 heavy (non-hydrogen) atoms. The Morgan fingerprint density at radius 3 is 1.62 bits per heavy atom. The van der Waals surface area contributed by atoms with Crippen LogP contribution in [-0.2, 0) is 4.74 Å². The summed E-state index contributed by atoms with van der Waals surface area (Å²) in [5.41, 5.74) is 0. The van der Waals surface area contributed by atoms with Crippen LogP contribution in [0.4, 0.5) is 0 Å². The average molecular weight is 297 g/mol. The van der Waals surface area contributed by atoms with E-state index in [1.807, 2.05) is 6.26 Å². The number of rotatable bonds is 17. The number of hydrogen-bond acceptors (Lipinski definition) is 1. The zero-order valence-corrected chi connectivity index (χ0v) is 14.9. The summed E-state index contributed by atoms with van der Waals surface area (Å²) >= 11 is 0. The first-order valence-electron chi connectivity index (χ1n) is 9.68. The van der Waals surface area contributed by atoms with Crippen molar-refractivity contribution >= 4 is 0 Å². The lowest BCUT2D eigenvalue weighted by atomic mass is 10.1. The van der Waals surface area contributed by atoms with Crippen LogP contribution < -0.4 is 0 Å². The second-order valence-corrected chi connectivity index (χ2v) is 6.27. The van der Waals surface area contributed by atoms with Crippen molar-refractivity contribution in [1.29, 1.82) is 0 Å². The van der Waals surface area contributed by atoms with E-state index in [1.54, 1.807) is 0 Å². The molecule has 0 atom stereocenters. The maximum absolute atomic E-state index is 5.53. The summed E-state index contributed by atoms with van der Waals surface area (Å²) in [7, 11) is 0. The molecule has 0 aromatic rings. The minimum Gasteiger partial charge on any atom is -0.502 e. The number of allylic oxidation sites excluding steroid dienone is 1. The van der Waals surface area contributed by atoms with E-state index >= 15 is 0 Å². The van der Waals surface area contributed by atoms with Crippen molar-refractivity contribution in [3.8, 4) is 0 Å². The van der Waals surface area contributed by atoms with E-state index < -0.39 is 0 Å². The summed E-state index contributed by atoms with van der Waals surface area (Å²) < 4.78 is 5.53. The van der Waals surface area contributed by atoms with Crippen molar-refractivity contribution < 1.29 is 4.74 Å². The van der Waals surface area contributed by atoms with Crippen molar-refractivity contribution in [1.82, 2.24) is 0 Å². The highest BCUT2D eigenvalue weighted by Gasteiger charge is 1.92. The van der Waals surface area contributed by atoms with Crippen LogP contribution in [0.3, 0.4) is 0 Å². The number of ether oxygens (including phenoxy) is 1. The molecule has 0 aliphatic rings. The summed E-state index contributed by atoms with van der Waals surface area (Å²) in [6, 6.07) is 0. The van der Waals surface area contributed by atoms with Gasteiger partial charge in [-0.25, -0.2) is 0 Å². The lowest BCUT2D eigenvalue weighted by Gasteiger charge is -2.02. The Balaban J connectivity index is 3.00. The lowest BCUT2D eigenvalue weighted by molar-refractivity contribution is 0.239. The van der Waals surface area contributed by atoms with Crippen LogP contribution in [0.1, 0.15) is 110 Å². The highest BCUT2D eigenvalue weighted by molar-refractivity contribution is 4.73. The first-order chi connectivity index (χ1) is 10.4. The van der Waals surface area contributed by atoms with Crippen molar-refractivity contribution in [3.63, 3.8) is 0 Å². The molecule has 1 nitrogen and oxygen atoms in total. The molecule has 0 bridgehead atoms. The molecule has 0 saturated heterocycles. The van der Waals surface area contributed by atoms with E-state index in [0.29, 0.717) is 0 Å². The van der Waals surface area contributed by atoms with E-state index in [2.05, 4.69) is 19.9 Å². The molecule has 0 rings (SSSR count). The predicted octanol–water partition coefficient (Wildman–Crippen LogP) is 7.41. The minimum absolute atomic E-state index is 0.905. The van der Waals surface area contributed by atoms with Crippen LogP contribution in [-0.4, -0.2) is 6.61 Å². The Bertz CT molecular complexity index is 198. The molecule has 0 spiro atoms. The van der Waals surface area contributed by atoms with Crippen LogP contribution in [0.5, 0.6) is 0 Å². The van der Waals surface area contributed by atoms with Crippen LogP contribution in [0.15, 0.2) is 12.3 Å². The van der Waals surface area contributed by atoms with Gasteiger partial charge in [0.1, 0.15) is 0 Å². The molecule has 0 radical (unpaired) electrons. The number of unbranched alkanes of at least 4 members (excludes halogenated alkanes) is 13. The molecule has 126 valence electrons. The molecular weight excluding hydrogens is 256 g/mol. The Kier molecular flexibility index (Phi) is 19.1. The van der Waals surface area contributed by atoms with E-state index in [9.17, 15) is 0 Å². The molecule has 0 saturated carbocycles. The van der Waals surface area contributed by atoms with Gasteiger partial charge in [0.2, 0.25) is 0 Å². The second kappa shape index (κ2) is 19.5. The fourth-order valence-corrected chi connectivity index (χ4v) is 2.57. The largest absolute Gasteiger partial charge is 0.502 e. The monoisotopic (exact) mass is 296 g/mol. The van der Waals surface area contributed by atoms with Gasteiger partial charge in [0.15, 0.2) is 0 Å². The van der Waals surface area contributed by atoms with Gasteiger partial charge in [0, 0.05) is 0 Å². The van der Waals surface area contributed by atoms with Crippen LogP contribution >= 0.6 is 0 Å². The van der Waals surface area contributed by atoms with E-state index in [1.165, 1.54) is 96.3 Å². The molecule has 0 fully saturated rings. The Labute approximate surface area is 134 Å². The SMILES string of the molecule is CCCCCCC=COCCCCCCCCCCCC. The van der Waals surface area contributed by atoms with E-state index in [0.717, 1.165) is 6.61 Å². The summed E-state index contributed by atoms with van der Waals surface area (Å²) in [5, 5.41) is 0. The zero-order chi connectivity index (χ0) is 15.4. The van der Waals surface area contributed by atoms with Gasteiger partial charge in [-0.15, -0.1) is 0 Å². The summed E-state index contributed by atoms with van der Waals surface area (Å²) in [5.74, 6) is 0. The predicted molar refractivity (Wildman–Crippen MR) is 95.7 cm³/mol. The van der Waals surface area contributed by atoms with E-state index in [4.69, 9.17) is 4.74 Å².